The van der Waals surface area contributed by atoms with E-state index in [0.29, 0.717) is 24.8 Å². The minimum Gasteiger partial charge on any atom is -0.507 e. The van der Waals surface area contributed by atoms with Crippen molar-refractivity contribution in [2.24, 2.45) is 0 Å². The first kappa shape index (κ1) is 20.2. The fraction of sp³-hybridized carbons (Fsp3) is 0.389. The van der Waals surface area contributed by atoms with Crippen molar-refractivity contribution < 1.29 is 32.9 Å². The maximum atomic E-state index is 12.8. The average Bonchev–Trinajstić information content (AvgIpc) is 2.73. The molecule has 0 aliphatic heterocycles. The molecule has 1 aromatic rings. The van der Waals surface area contributed by atoms with Crippen LogP contribution in [-0.4, -0.2) is 28.8 Å². The van der Waals surface area contributed by atoms with Gasteiger partial charge in [-0.2, -0.15) is 13.2 Å². The van der Waals surface area contributed by atoms with Crippen LogP contribution in [0, 0.1) is 0 Å². The summed E-state index contributed by atoms with van der Waals surface area (Å²) in [7, 11) is 0. The lowest BCUT2D eigenvalue weighted by molar-refractivity contribution is -0.166. The van der Waals surface area contributed by atoms with Gasteiger partial charge >= 0.3 is 6.18 Å². The van der Waals surface area contributed by atoms with Crippen LogP contribution in [0.25, 0.3) is 6.08 Å². The number of rotatable bonds is 4. The van der Waals surface area contributed by atoms with Gasteiger partial charge in [-0.3, -0.25) is 4.79 Å². The molecule has 1 aliphatic carbocycles. The summed E-state index contributed by atoms with van der Waals surface area (Å²) in [5.74, 6) is -2.80. The van der Waals surface area contributed by atoms with Gasteiger partial charge in [-0.1, -0.05) is 11.6 Å². The Morgan fingerprint density at radius 1 is 1.27 bits per heavy atom. The number of aliphatic hydroxyl groups excluding tert-OH is 1. The number of ether oxygens (including phenoxy) is 1. The summed E-state index contributed by atoms with van der Waals surface area (Å²) in [4.78, 5) is 11.6. The molecule has 1 aromatic carbocycles. The zero-order valence-electron chi connectivity index (χ0n) is 14.0. The lowest BCUT2D eigenvalue weighted by Gasteiger charge is -2.12. The molecule has 2 rings (SSSR count). The number of phenols is 1. The molecule has 0 amide bonds. The number of hydrogen-bond donors (Lipinski definition) is 2. The van der Waals surface area contributed by atoms with E-state index < -0.39 is 23.3 Å². The summed E-state index contributed by atoms with van der Waals surface area (Å²) in [6.45, 7) is 1.99. The summed E-state index contributed by atoms with van der Waals surface area (Å²) >= 11 is 5.94. The van der Waals surface area contributed by atoms with Gasteiger partial charge in [0.15, 0.2) is 11.5 Å². The molecule has 8 heteroatoms. The molecule has 0 unspecified atom stereocenters. The quantitative estimate of drug-likeness (QED) is 0.727. The first-order valence-electron chi connectivity index (χ1n) is 8.05. The highest BCUT2D eigenvalue weighted by atomic mass is 35.5. The van der Waals surface area contributed by atoms with Crippen molar-refractivity contribution in [3.05, 3.63) is 39.6 Å². The number of Topliss-reactive ketones (excluding diaryl/α,β-unsaturated/α-hetero) is 1. The number of aromatic hydroxyl groups is 1. The molecular weight excluding hydrogens is 373 g/mol. The maximum Gasteiger partial charge on any atom is 0.454 e. The Morgan fingerprint density at radius 3 is 2.54 bits per heavy atom. The third-order valence-corrected chi connectivity index (χ3v) is 4.22. The molecule has 0 heterocycles. The molecule has 4 nitrogen and oxygen atoms in total. The van der Waals surface area contributed by atoms with Gasteiger partial charge in [0.05, 0.1) is 11.6 Å². The molecule has 0 atom stereocenters. The number of carbonyl (C=O) groups excluding carboxylic acids is 1. The number of benzene rings is 1. The van der Waals surface area contributed by atoms with Gasteiger partial charge in [0, 0.05) is 5.57 Å². The summed E-state index contributed by atoms with van der Waals surface area (Å²) in [6.07, 6.45) is -2.54. The molecule has 2 N–H and O–H groups in total. The molecule has 0 aromatic heterocycles. The van der Waals surface area contributed by atoms with Gasteiger partial charge in [-0.05, 0) is 62.0 Å². The lowest BCUT2D eigenvalue weighted by atomic mass is 10.0. The highest BCUT2D eigenvalue weighted by molar-refractivity contribution is 6.32. The van der Waals surface area contributed by atoms with Crippen LogP contribution in [-0.2, 0) is 4.79 Å². The van der Waals surface area contributed by atoms with Crippen molar-refractivity contribution in [2.45, 2.75) is 38.8 Å². The van der Waals surface area contributed by atoms with Gasteiger partial charge < -0.3 is 14.9 Å². The Kier molecular flexibility index (Phi) is 6.23. The second-order valence-electron chi connectivity index (χ2n) is 5.81. The molecule has 0 bridgehead atoms. The van der Waals surface area contributed by atoms with E-state index in [9.17, 15) is 28.2 Å². The molecule has 0 radical (unpaired) electrons. The Balaban J connectivity index is 2.50. The SMILES string of the molecule is CCOc1cc(/C=C2\CCCCC(C(=O)C(F)(F)F)=C2O)cc(Cl)c1O. The van der Waals surface area contributed by atoms with Gasteiger partial charge in [0.2, 0.25) is 0 Å². The molecule has 142 valence electrons. The van der Waals surface area contributed by atoms with Crippen molar-refractivity contribution in [3.8, 4) is 11.5 Å². The van der Waals surface area contributed by atoms with Crippen LogP contribution >= 0.6 is 11.6 Å². The fourth-order valence-electron chi connectivity index (χ4n) is 2.72. The number of halogens is 4. The lowest BCUT2D eigenvalue weighted by Crippen LogP contribution is -2.25. The second kappa shape index (κ2) is 8.03. The average molecular weight is 391 g/mol. The Morgan fingerprint density at radius 2 is 1.92 bits per heavy atom. The van der Waals surface area contributed by atoms with Crippen molar-refractivity contribution in [3.63, 3.8) is 0 Å². The standard InChI is InChI=1S/C18H18ClF3O4/c1-2-26-14-9-10(8-13(19)16(14)24)7-11-5-3-4-6-12(15(11)23)17(25)18(20,21)22/h7-9,23-24H,2-6H2,1H3/b11-7+. The van der Waals surface area contributed by atoms with Crippen molar-refractivity contribution >= 4 is 23.5 Å². The van der Waals surface area contributed by atoms with Crippen LogP contribution in [0.2, 0.25) is 5.02 Å². The molecule has 0 saturated carbocycles. The van der Waals surface area contributed by atoms with E-state index in [1.54, 1.807) is 6.92 Å². The first-order valence-corrected chi connectivity index (χ1v) is 8.42. The summed E-state index contributed by atoms with van der Waals surface area (Å²) in [5, 5.41) is 20.1. The minimum absolute atomic E-state index is 0.00600. The summed E-state index contributed by atoms with van der Waals surface area (Å²) < 4.78 is 43.5. The molecule has 0 saturated heterocycles. The van der Waals surface area contributed by atoms with Crippen molar-refractivity contribution in [1.29, 1.82) is 0 Å². The predicted molar refractivity (Wildman–Crippen MR) is 91.4 cm³/mol. The molecule has 0 spiro atoms. The third-order valence-electron chi connectivity index (χ3n) is 3.94. The van der Waals surface area contributed by atoms with E-state index in [2.05, 4.69) is 0 Å². The van der Waals surface area contributed by atoms with Crippen LogP contribution < -0.4 is 4.74 Å². The molecule has 1 aliphatic rings. The fourth-order valence-corrected chi connectivity index (χ4v) is 2.94. The zero-order valence-corrected chi connectivity index (χ0v) is 14.7. The zero-order chi connectivity index (χ0) is 19.5. The summed E-state index contributed by atoms with van der Waals surface area (Å²) in [6, 6.07) is 2.86. The van der Waals surface area contributed by atoms with Crippen LogP contribution in [0.15, 0.2) is 29.0 Å². The predicted octanol–water partition coefficient (Wildman–Crippen LogP) is 5.35. The van der Waals surface area contributed by atoms with E-state index >= 15 is 0 Å². The first-order chi connectivity index (χ1) is 12.1. The van der Waals surface area contributed by atoms with E-state index in [1.165, 1.54) is 18.2 Å². The van der Waals surface area contributed by atoms with Gasteiger partial charge in [0.1, 0.15) is 5.76 Å². The maximum absolute atomic E-state index is 12.8. The van der Waals surface area contributed by atoms with Crippen LogP contribution in [0.1, 0.15) is 38.2 Å². The smallest absolute Gasteiger partial charge is 0.454 e. The number of carbonyl (C=O) groups is 1. The van der Waals surface area contributed by atoms with Gasteiger partial charge in [0.25, 0.3) is 5.78 Å². The number of ketones is 1. The molecule has 0 fully saturated rings. The highest BCUT2D eigenvalue weighted by Gasteiger charge is 2.42. The summed E-state index contributed by atoms with van der Waals surface area (Å²) in [5.41, 5.74) is 0.00831. The number of phenolic OH excluding ortho intramolecular Hbond substituents is 1. The van der Waals surface area contributed by atoms with E-state index in [4.69, 9.17) is 16.3 Å². The number of allylic oxidation sites excluding steroid dienone is 2. The number of aliphatic hydroxyl groups is 1. The number of alkyl halides is 3. The minimum atomic E-state index is -5.04. The normalized spacial score (nSPS) is 17.3. The van der Waals surface area contributed by atoms with Gasteiger partial charge in [-0.15, -0.1) is 0 Å². The van der Waals surface area contributed by atoms with Crippen LogP contribution in [0.5, 0.6) is 11.5 Å². The van der Waals surface area contributed by atoms with E-state index in [-0.39, 0.29) is 35.1 Å². The van der Waals surface area contributed by atoms with Crippen molar-refractivity contribution in [2.75, 3.05) is 6.61 Å². The van der Waals surface area contributed by atoms with Crippen LogP contribution in [0.3, 0.4) is 0 Å². The topological polar surface area (TPSA) is 66.8 Å². The van der Waals surface area contributed by atoms with E-state index in [1.807, 2.05) is 0 Å². The van der Waals surface area contributed by atoms with E-state index in [0.717, 1.165) is 0 Å². The third kappa shape index (κ3) is 4.52. The van der Waals surface area contributed by atoms with Crippen LogP contribution in [0.4, 0.5) is 13.2 Å². The second-order valence-corrected chi connectivity index (χ2v) is 6.22. The highest BCUT2D eigenvalue weighted by Crippen LogP contribution is 2.37. The Hall–Kier alpha value is -2.15. The molecular formula is C18H18ClF3O4. The van der Waals surface area contributed by atoms with Crippen molar-refractivity contribution in [1.82, 2.24) is 0 Å². The largest absolute Gasteiger partial charge is 0.507 e. The Labute approximate surface area is 153 Å². The van der Waals surface area contributed by atoms with Gasteiger partial charge in [-0.25, -0.2) is 0 Å². The number of hydrogen-bond acceptors (Lipinski definition) is 4. The monoisotopic (exact) mass is 390 g/mol. The molecule has 26 heavy (non-hydrogen) atoms. The Bertz CT molecular complexity index is 766.